The Morgan fingerprint density at radius 1 is 1.27 bits per heavy atom. The molecule has 2 heteroatoms. The molecule has 0 bridgehead atoms. The van der Waals surface area contributed by atoms with Crippen molar-refractivity contribution >= 4 is 0 Å². The summed E-state index contributed by atoms with van der Waals surface area (Å²) >= 11 is 0. The van der Waals surface area contributed by atoms with Gasteiger partial charge in [0.05, 0.1) is 6.61 Å². The van der Waals surface area contributed by atoms with Crippen LogP contribution in [0.15, 0.2) is 18.2 Å². The molecule has 0 aromatic heterocycles. The molecule has 1 unspecified atom stereocenters. The third-order valence-electron chi connectivity index (χ3n) is 2.77. The molecular weight excluding hydrogens is 191 g/mol. The smallest absolute Gasteiger partial charge is 0.126 e. The van der Waals surface area contributed by atoms with E-state index in [1.165, 1.54) is 6.07 Å². The zero-order valence-corrected chi connectivity index (χ0v) is 9.88. The number of benzene rings is 1. The van der Waals surface area contributed by atoms with Gasteiger partial charge in [-0.1, -0.05) is 20.8 Å². The summed E-state index contributed by atoms with van der Waals surface area (Å²) in [6.45, 7) is 8.77. The second-order valence-corrected chi connectivity index (χ2v) is 4.15. The molecule has 0 saturated heterocycles. The maximum atomic E-state index is 13.6. The summed E-state index contributed by atoms with van der Waals surface area (Å²) < 4.78 is 18.9. The van der Waals surface area contributed by atoms with Crippen molar-refractivity contribution in [2.24, 2.45) is 5.92 Å². The number of rotatable bonds is 4. The van der Waals surface area contributed by atoms with Gasteiger partial charge in [0.25, 0.3) is 0 Å². The van der Waals surface area contributed by atoms with Crippen molar-refractivity contribution in [2.45, 2.75) is 33.6 Å². The summed E-state index contributed by atoms with van der Waals surface area (Å²) in [6, 6.07) is 4.97. The molecule has 0 saturated carbocycles. The highest BCUT2D eigenvalue weighted by atomic mass is 19.1. The van der Waals surface area contributed by atoms with Gasteiger partial charge in [-0.2, -0.15) is 0 Å². The van der Waals surface area contributed by atoms with Crippen LogP contribution in [0.5, 0.6) is 5.75 Å². The van der Waals surface area contributed by atoms with Crippen molar-refractivity contribution in [3.05, 3.63) is 29.6 Å². The Bertz CT molecular complexity index is 320. The Hall–Kier alpha value is -1.05. The molecule has 0 amide bonds. The Kier molecular flexibility index (Phi) is 4.13. The van der Waals surface area contributed by atoms with Gasteiger partial charge >= 0.3 is 0 Å². The Labute approximate surface area is 91.3 Å². The fraction of sp³-hybridized carbons (Fsp3) is 0.538. The average Bonchev–Trinajstić information content (AvgIpc) is 2.20. The van der Waals surface area contributed by atoms with E-state index < -0.39 is 0 Å². The largest absolute Gasteiger partial charge is 0.494 e. The summed E-state index contributed by atoms with van der Waals surface area (Å²) in [5.74, 6) is 1.25. The first-order valence-corrected chi connectivity index (χ1v) is 5.48. The summed E-state index contributed by atoms with van der Waals surface area (Å²) in [6.07, 6.45) is 0. The van der Waals surface area contributed by atoms with Gasteiger partial charge in [-0.05, 0) is 42.5 Å². The first-order chi connectivity index (χ1) is 7.06. The van der Waals surface area contributed by atoms with Gasteiger partial charge in [-0.15, -0.1) is 0 Å². The molecule has 0 aliphatic rings. The lowest BCUT2D eigenvalue weighted by Crippen LogP contribution is -2.05. The molecule has 0 spiro atoms. The molecule has 84 valence electrons. The van der Waals surface area contributed by atoms with Gasteiger partial charge < -0.3 is 4.74 Å². The number of ether oxygens (including phenoxy) is 1. The van der Waals surface area contributed by atoms with Crippen molar-refractivity contribution in [1.82, 2.24) is 0 Å². The molecule has 0 fully saturated rings. The molecule has 1 aromatic rings. The summed E-state index contributed by atoms with van der Waals surface area (Å²) in [7, 11) is 0. The topological polar surface area (TPSA) is 9.23 Å². The second-order valence-electron chi connectivity index (χ2n) is 4.15. The molecule has 0 radical (unpaired) electrons. The van der Waals surface area contributed by atoms with Crippen LogP contribution >= 0.6 is 0 Å². The van der Waals surface area contributed by atoms with E-state index in [-0.39, 0.29) is 11.7 Å². The first kappa shape index (κ1) is 12.0. The maximum Gasteiger partial charge on any atom is 0.126 e. The van der Waals surface area contributed by atoms with E-state index in [0.717, 1.165) is 11.3 Å². The molecule has 0 aliphatic carbocycles. The summed E-state index contributed by atoms with van der Waals surface area (Å²) in [5, 5.41) is 0. The van der Waals surface area contributed by atoms with Crippen molar-refractivity contribution in [2.75, 3.05) is 6.61 Å². The molecule has 1 rings (SSSR count). The van der Waals surface area contributed by atoms with Crippen LogP contribution in [0.4, 0.5) is 4.39 Å². The number of hydrogen-bond acceptors (Lipinski definition) is 1. The van der Waals surface area contributed by atoms with Gasteiger partial charge in [0.15, 0.2) is 0 Å². The summed E-state index contributed by atoms with van der Waals surface area (Å²) in [5.41, 5.74) is 0.746. The fourth-order valence-electron chi connectivity index (χ4n) is 1.49. The zero-order chi connectivity index (χ0) is 11.4. The molecule has 1 nitrogen and oxygen atoms in total. The van der Waals surface area contributed by atoms with E-state index in [9.17, 15) is 4.39 Å². The minimum atomic E-state index is -0.139. The van der Waals surface area contributed by atoms with E-state index in [2.05, 4.69) is 13.8 Å². The van der Waals surface area contributed by atoms with Crippen LogP contribution in [-0.2, 0) is 0 Å². The van der Waals surface area contributed by atoms with Crippen LogP contribution in [0, 0.1) is 11.7 Å². The molecule has 0 heterocycles. The fourth-order valence-corrected chi connectivity index (χ4v) is 1.49. The third-order valence-corrected chi connectivity index (χ3v) is 2.77. The van der Waals surface area contributed by atoms with Gasteiger partial charge in [0.2, 0.25) is 0 Å². The van der Waals surface area contributed by atoms with Crippen LogP contribution < -0.4 is 4.74 Å². The highest BCUT2D eigenvalue weighted by molar-refractivity contribution is 5.32. The van der Waals surface area contributed by atoms with Crippen molar-refractivity contribution < 1.29 is 9.13 Å². The Morgan fingerprint density at radius 3 is 2.47 bits per heavy atom. The molecular formula is C13H19FO. The quantitative estimate of drug-likeness (QED) is 0.730. The number of halogens is 1. The lowest BCUT2D eigenvalue weighted by atomic mass is 9.90. The van der Waals surface area contributed by atoms with E-state index in [4.69, 9.17) is 4.74 Å². The van der Waals surface area contributed by atoms with Crippen LogP contribution in [-0.4, -0.2) is 6.61 Å². The first-order valence-electron chi connectivity index (χ1n) is 5.48. The van der Waals surface area contributed by atoms with Crippen molar-refractivity contribution in [1.29, 1.82) is 0 Å². The van der Waals surface area contributed by atoms with Gasteiger partial charge in [-0.3, -0.25) is 0 Å². The lowest BCUT2D eigenvalue weighted by molar-refractivity contribution is 0.338. The van der Waals surface area contributed by atoms with Gasteiger partial charge in [-0.25, -0.2) is 4.39 Å². The van der Waals surface area contributed by atoms with E-state index in [1.54, 1.807) is 6.07 Å². The predicted molar refractivity (Wildman–Crippen MR) is 60.8 cm³/mol. The second kappa shape index (κ2) is 5.15. The molecule has 1 atom stereocenters. The highest BCUT2D eigenvalue weighted by Crippen LogP contribution is 2.28. The lowest BCUT2D eigenvalue weighted by Gasteiger charge is -2.17. The molecule has 1 aromatic carbocycles. The van der Waals surface area contributed by atoms with Gasteiger partial charge in [0, 0.05) is 0 Å². The normalized spacial score (nSPS) is 12.9. The Morgan fingerprint density at radius 2 is 1.93 bits per heavy atom. The SMILES string of the molecule is CCOc1ccc(F)c(C(C)C(C)C)c1. The number of hydrogen-bond donors (Lipinski definition) is 0. The van der Waals surface area contributed by atoms with E-state index in [0.29, 0.717) is 12.5 Å². The van der Waals surface area contributed by atoms with E-state index in [1.807, 2.05) is 19.9 Å². The third kappa shape index (κ3) is 2.95. The van der Waals surface area contributed by atoms with Crippen LogP contribution in [0.1, 0.15) is 39.2 Å². The van der Waals surface area contributed by atoms with E-state index >= 15 is 0 Å². The summed E-state index contributed by atoms with van der Waals surface area (Å²) in [4.78, 5) is 0. The van der Waals surface area contributed by atoms with Crippen LogP contribution in [0.3, 0.4) is 0 Å². The van der Waals surface area contributed by atoms with Crippen LogP contribution in [0.25, 0.3) is 0 Å². The Balaban J connectivity index is 2.99. The monoisotopic (exact) mass is 210 g/mol. The minimum absolute atomic E-state index is 0.139. The molecule has 0 aliphatic heterocycles. The molecule has 0 N–H and O–H groups in total. The molecule has 15 heavy (non-hydrogen) atoms. The van der Waals surface area contributed by atoms with Crippen molar-refractivity contribution in [3.8, 4) is 5.75 Å². The maximum absolute atomic E-state index is 13.6. The highest BCUT2D eigenvalue weighted by Gasteiger charge is 2.15. The van der Waals surface area contributed by atoms with Gasteiger partial charge in [0.1, 0.15) is 11.6 Å². The van der Waals surface area contributed by atoms with Crippen molar-refractivity contribution in [3.63, 3.8) is 0 Å². The average molecular weight is 210 g/mol. The zero-order valence-electron chi connectivity index (χ0n) is 9.88. The predicted octanol–water partition coefficient (Wildman–Crippen LogP) is 3.98. The van der Waals surface area contributed by atoms with Crippen LogP contribution in [0.2, 0.25) is 0 Å². The minimum Gasteiger partial charge on any atom is -0.494 e. The standard InChI is InChI=1S/C13H19FO/c1-5-15-11-6-7-13(14)12(8-11)10(4)9(2)3/h6-10H,5H2,1-4H3.